The van der Waals surface area contributed by atoms with Crippen LogP contribution in [0.1, 0.15) is 5.56 Å². The quantitative estimate of drug-likeness (QED) is 0.546. The van der Waals surface area contributed by atoms with Crippen molar-refractivity contribution in [3.05, 3.63) is 29.8 Å². The molecular formula is C8H11NSi. The zero-order chi connectivity index (χ0) is 6.81. The zero-order valence-electron chi connectivity index (χ0n) is 5.93. The minimum atomic E-state index is 0.0498. The molecule has 0 radical (unpaired) electrons. The second-order valence-electron chi connectivity index (χ2n) is 2.69. The fraction of sp³-hybridized carbons (Fsp3) is 0.250. The predicted octanol–water partition coefficient (Wildman–Crippen LogP) is 1.16. The standard InChI is InChI=1S/C8H11NSi/c1-2-4-8-7(3-1)5-6-10-9-8/h1-4,9H,5-6,10H2. The summed E-state index contributed by atoms with van der Waals surface area (Å²) < 4.78 is 0. The molecular weight excluding hydrogens is 138 g/mol. The summed E-state index contributed by atoms with van der Waals surface area (Å²) in [7, 11) is 0.0498. The van der Waals surface area contributed by atoms with Gasteiger partial charge in [-0.15, -0.1) is 0 Å². The van der Waals surface area contributed by atoms with Crippen LogP contribution in [0.5, 0.6) is 0 Å². The molecule has 0 amide bonds. The molecule has 0 saturated heterocycles. The summed E-state index contributed by atoms with van der Waals surface area (Å²) in [6.07, 6.45) is 1.30. The first-order chi connectivity index (χ1) is 4.97. The lowest BCUT2D eigenvalue weighted by atomic mass is 10.1. The summed E-state index contributed by atoms with van der Waals surface area (Å²) >= 11 is 0. The molecule has 0 spiro atoms. The fourth-order valence-corrected chi connectivity index (χ4v) is 2.76. The number of hydrogen-bond acceptors (Lipinski definition) is 1. The van der Waals surface area contributed by atoms with Crippen LogP contribution in [0, 0.1) is 0 Å². The van der Waals surface area contributed by atoms with Gasteiger partial charge in [0.25, 0.3) is 0 Å². The van der Waals surface area contributed by atoms with Gasteiger partial charge in [-0.3, -0.25) is 0 Å². The topological polar surface area (TPSA) is 12.0 Å². The van der Waals surface area contributed by atoms with Crippen molar-refractivity contribution >= 4 is 15.4 Å². The van der Waals surface area contributed by atoms with E-state index in [0.29, 0.717) is 0 Å². The van der Waals surface area contributed by atoms with Crippen LogP contribution in [0.4, 0.5) is 5.69 Å². The molecule has 2 rings (SSSR count). The molecule has 1 N–H and O–H groups in total. The van der Waals surface area contributed by atoms with Crippen LogP contribution in [0.3, 0.4) is 0 Å². The summed E-state index contributed by atoms with van der Waals surface area (Å²) in [5.74, 6) is 0. The van der Waals surface area contributed by atoms with E-state index in [1.54, 1.807) is 0 Å². The van der Waals surface area contributed by atoms with Crippen molar-refractivity contribution in [2.45, 2.75) is 12.5 Å². The molecule has 52 valence electrons. The predicted molar refractivity (Wildman–Crippen MR) is 47.1 cm³/mol. The summed E-state index contributed by atoms with van der Waals surface area (Å²) in [4.78, 5) is 3.50. The summed E-state index contributed by atoms with van der Waals surface area (Å²) in [6.45, 7) is 0. The van der Waals surface area contributed by atoms with Gasteiger partial charge in [0, 0.05) is 5.69 Å². The maximum Gasteiger partial charge on any atom is 0.121 e. The van der Waals surface area contributed by atoms with Gasteiger partial charge >= 0.3 is 0 Å². The average Bonchev–Trinajstić information content (AvgIpc) is 2.05. The summed E-state index contributed by atoms with van der Waals surface area (Å²) in [5.41, 5.74) is 2.89. The Morgan fingerprint density at radius 1 is 1.30 bits per heavy atom. The molecule has 0 bridgehead atoms. The lowest BCUT2D eigenvalue weighted by Gasteiger charge is -2.16. The molecule has 1 nitrogen and oxygen atoms in total. The highest BCUT2D eigenvalue weighted by Crippen LogP contribution is 2.19. The maximum atomic E-state index is 3.50. The van der Waals surface area contributed by atoms with Crippen LogP contribution < -0.4 is 4.98 Å². The number of benzene rings is 1. The molecule has 0 fully saturated rings. The molecule has 1 heterocycles. The zero-order valence-corrected chi connectivity index (χ0v) is 7.34. The van der Waals surface area contributed by atoms with E-state index < -0.39 is 0 Å². The number of rotatable bonds is 0. The molecule has 1 aromatic rings. The van der Waals surface area contributed by atoms with Crippen molar-refractivity contribution in [3.8, 4) is 0 Å². The minimum Gasteiger partial charge on any atom is -0.416 e. The molecule has 1 aliphatic rings. The fourth-order valence-electron chi connectivity index (χ4n) is 1.41. The molecule has 1 aromatic carbocycles. The van der Waals surface area contributed by atoms with Crippen molar-refractivity contribution in [2.24, 2.45) is 0 Å². The number of anilines is 1. The lowest BCUT2D eigenvalue weighted by molar-refractivity contribution is 1.11. The second kappa shape index (κ2) is 2.46. The van der Waals surface area contributed by atoms with Crippen LogP contribution in [0.15, 0.2) is 24.3 Å². The van der Waals surface area contributed by atoms with Crippen molar-refractivity contribution < 1.29 is 0 Å². The third-order valence-corrected chi connectivity index (χ3v) is 3.29. The molecule has 0 unspecified atom stereocenters. The van der Waals surface area contributed by atoms with E-state index >= 15 is 0 Å². The smallest absolute Gasteiger partial charge is 0.121 e. The first-order valence-corrected chi connectivity index (χ1v) is 5.49. The maximum absolute atomic E-state index is 3.50. The Morgan fingerprint density at radius 3 is 3.10 bits per heavy atom. The first-order valence-electron chi connectivity index (χ1n) is 3.78. The Bertz CT molecular complexity index is 209. The molecule has 0 saturated carbocycles. The van der Waals surface area contributed by atoms with E-state index in [2.05, 4.69) is 29.2 Å². The molecule has 0 aromatic heterocycles. The first kappa shape index (κ1) is 5.98. The SMILES string of the molecule is c1ccc2c(c1)CC[SiH2]N2. The number of nitrogens with one attached hydrogen (secondary N) is 1. The van der Waals surface area contributed by atoms with Gasteiger partial charge in [-0.25, -0.2) is 0 Å². The van der Waals surface area contributed by atoms with Gasteiger partial charge in [0.05, 0.1) is 0 Å². The monoisotopic (exact) mass is 149 g/mol. The third kappa shape index (κ3) is 0.947. The summed E-state index contributed by atoms with van der Waals surface area (Å²) in [5, 5.41) is 0. The van der Waals surface area contributed by atoms with E-state index in [1.165, 1.54) is 23.7 Å². The highest BCUT2D eigenvalue weighted by atomic mass is 28.2. The molecule has 0 atom stereocenters. The molecule has 1 aliphatic heterocycles. The van der Waals surface area contributed by atoms with Gasteiger partial charge in [0.15, 0.2) is 0 Å². The van der Waals surface area contributed by atoms with E-state index in [4.69, 9.17) is 0 Å². The second-order valence-corrected chi connectivity index (χ2v) is 4.25. The lowest BCUT2D eigenvalue weighted by Crippen LogP contribution is -2.13. The Balaban J connectivity index is 2.41. The van der Waals surface area contributed by atoms with Crippen LogP contribution in [-0.4, -0.2) is 9.68 Å². The Kier molecular flexibility index (Phi) is 1.47. The molecule has 2 heteroatoms. The number of hydrogen-bond donors (Lipinski definition) is 1. The summed E-state index contributed by atoms with van der Waals surface area (Å²) in [6, 6.07) is 10.0. The van der Waals surface area contributed by atoms with Crippen LogP contribution >= 0.6 is 0 Å². The van der Waals surface area contributed by atoms with E-state index in [0.717, 1.165) is 0 Å². The highest BCUT2D eigenvalue weighted by Gasteiger charge is 2.05. The van der Waals surface area contributed by atoms with Crippen molar-refractivity contribution in [1.29, 1.82) is 0 Å². The van der Waals surface area contributed by atoms with Crippen molar-refractivity contribution in [1.82, 2.24) is 0 Å². The van der Waals surface area contributed by atoms with E-state index in [9.17, 15) is 0 Å². The van der Waals surface area contributed by atoms with Gasteiger partial charge < -0.3 is 4.98 Å². The minimum absolute atomic E-state index is 0.0498. The van der Waals surface area contributed by atoms with Crippen LogP contribution in [-0.2, 0) is 6.42 Å². The number of fused-ring (bicyclic) bond motifs is 1. The van der Waals surface area contributed by atoms with Gasteiger partial charge in [0.2, 0.25) is 0 Å². The molecule has 0 aliphatic carbocycles. The Morgan fingerprint density at radius 2 is 2.20 bits per heavy atom. The molecule has 10 heavy (non-hydrogen) atoms. The van der Waals surface area contributed by atoms with Crippen molar-refractivity contribution in [2.75, 3.05) is 4.98 Å². The third-order valence-electron chi connectivity index (χ3n) is 1.96. The van der Waals surface area contributed by atoms with E-state index in [1.807, 2.05) is 0 Å². The van der Waals surface area contributed by atoms with Gasteiger partial charge in [-0.1, -0.05) is 18.2 Å². The van der Waals surface area contributed by atoms with Crippen LogP contribution in [0.25, 0.3) is 0 Å². The average molecular weight is 149 g/mol. The van der Waals surface area contributed by atoms with Gasteiger partial charge in [0.1, 0.15) is 9.68 Å². The highest BCUT2D eigenvalue weighted by molar-refractivity contribution is 6.41. The Labute approximate surface area is 63.4 Å². The largest absolute Gasteiger partial charge is 0.416 e. The van der Waals surface area contributed by atoms with Gasteiger partial charge in [-0.2, -0.15) is 0 Å². The number of aryl methyl sites for hydroxylation is 1. The number of para-hydroxylation sites is 1. The van der Waals surface area contributed by atoms with Gasteiger partial charge in [-0.05, 0) is 24.1 Å². The van der Waals surface area contributed by atoms with Crippen LogP contribution in [0.2, 0.25) is 6.04 Å². The Hall–Kier alpha value is -0.763. The normalized spacial score (nSPS) is 18.0. The van der Waals surface area contributed by atoms with E-state index in [-0.39, 0.29) is 9.68 Å². The van der Waals surface area contributed by atoms with Crippen molar-refractivity contribution in [3.63, 3.8) is 0 Å².